The molecule has 0 aliphatic carbocycles. The molecule has 0 radical (unpaired) electrons. The van der Waals surface area contributed by atoms with Crippen molar-refractivity contribution < 1.29 is 22.4 Å². The zero-order chi connectivity index (χ0) is 15.4. The first-order valence-corrected chi connectivity index (χ1v) is 7.73. The minimum atomic E-state index is -3.53. The van der Waals surface area contributed by atoms with Crippen molar-refractivity contribution in [3.63, 3.8) is 0 Å². The molecule has 0 amide bonds. The minimum absolute atomic E-state index is 0.0833. The van der Waals surface area contributed by atoms with E-state index in [9.17, 15) is 8.42 Å². The van der Waals surface area contributed by atoms with Crippen LogP contribution in [-0.2, 0) is 19.0 Å². The molecular formula is C13H23NO5S. The molecule has 3 N–H and O–H groups in total. The van der Waals surface area contributed by atoms with Crippen molar-refractivity contribution in [2.45, 2.75) is 18.7 Å². The standard InChI is InChI=1S/C9H12O3S.C4H11NO2/c1-3-12-13(10,11)9-6-4-8(2)5-7-9;5-1-3-7-4-2-6/h4-7H,3H2,1-2H3;6H,1-5H2. The Hall–Kier alpha value is -0.990. The van der Waals surface area contributed by atoms with Crippen LogP contribution in [0.1, 0.15) is 12.5 Å². The highest BCUT2D eigenvalue weighted by atomic mass is 32.2. The molecule has 0 saturated carbocycles. The van der Waals surface area contributed by atoms with Crippen molar-refractivity contribution in [3.05, 3.63) is 29.8 Å². The maximum Gasteiger partial charge on any atom is 0.296 e. The van der Waals surface area contributed by atoms with Gasteiger partial charge in [0.2, 0.25) is 0 Å². The molecule has 0 atom stereocenters. The van der Waals surface area contributed by atoms with Gasteiger partial charge in [0.25, 0.3) is 10.1 Å². The maximum atomic E-state index is 11.3. The summed E-state index contributed by atoms with van der Waals surface area (Å²) in [5, 5.41) is 8.13. The average Bonchev–Trinajstić information content (AvgIpc) is 2.40. The van der Waals surface area contributed by atoms with Gasteiger partial charge in [0.1, 0.15) is 0 Å². The molecule has 20 heavy (non-hydrogen) atoms. The van der Waals surface area contributed by atoms with E-state index in [-0.39, 0.29) is 18.1 Å². The summed E-state index contributed by atoms with van der Waals surface area (Å²) in [6.45, 7) is 5.26. The average molecular weight is 305 g/mol. The summed E-state index contributed by atoms with van der Waals surface area (Å²) in [5.41, 5.74) is 6.09. The molecule has 0 bridgehead atoms. The third-order valence-corrected chi connectivity index (χ3v) is 3.48. The fourth-order valence-electron chi connectivity index (χ4n) is 1.18. The Kier molecular flexibility index (Phi) is 10.2. The lowest BCUT2D eigenvalue weighted by atomic mass is 10.2. The van der Waals surface area contributed by atoms with Crippen LogP contribution in [0.15, 0.2) is 29.2 Å². The molecule has 0 spiro atoms. The van der Waals surface area contributed by atoms with E-state index in [1.165, 1.54) is 0 Å². The summed E-state index contributed by atoms with van der Waals surface area (Å²) in [7, 11) is -3.53. The Labute approximate surface area is 120 Å². The van der Waals surface area contributed by atoms with E-state index < -0.39 is 10.1 Å². The van der Waals surface area contributed by atoms with Gasteiger partial charge < -0.3 is 15.6 Å². The summed E-state index contributed by atoms with van der Waals surface area (Å²) in [6.07, 6.45) is 0. The quantitative estimate of drug-likeness (QED) is 0.567. The first-order chi connectivity index (χ1) is 9.47. The first-order valence-electron chi connectivity index (χ1n) is 6.32. The number of ether oxygens (including phenoxy) is 1. The van der Waals surface area contributed by atoms with E-state index in [1.54, 1.807) is 31.2 Å². The number of benzene rings is 1. The van der Waals surface area contributed by atoms with Crippen LogP contribution in [0.25, 0.3) is 0 Å². The summed E-state index contributed by atoms with van der Waals surface area (Å²) >= 11 is 0. The van der Waals surface area contributed by atoms with Gasteiger partial charge in [0.15, 0.2) is 0 Å². The molecule has 0 aromatic heterocycles. The van der Waals surface area contributed by atoms with Crippen molar-refractivity contribution in [2.75, 3.05) is 33.0 Å². The highest BCUT2D eigenvalue weighted by Crippen LogP contribution is 2.12. The van der Waals surface area contributed by atoms with Gasteiger partial charge in [0, 0.05) is 6.54 Å². The third-order valence-electron chi connectivity index (χ3n) is 2.08. The molecule has 6 nitrogen and oxygen atoms in total. The van der Waals surface area contributed by atoms with E-state index in [0.29, 0.717) is 19.8 Å². The van der Waals surface area contributed by atoms with Crippen LogP contribution in [0.2, 0.25) is 0 Å². The van der Waals surface area contributed by atoms with Gasteiger partial charge in [-0.25, -0.2) is 0 Å². The van der Waals surface area contributed by atoms with Crippen molar-refractivity contribution in [1.82, 2.24) is 0 Å². The topological polar surface area (TPSA) is 98.9 Å². The molecule has 0 heterocycles. The second kappa shape index (κ2) is 10.8. The van der Waals surface area contributed by atoms with Crippen LogP contribution in [0.5, 0.6) is 0 Å². The van der Waals surface area contributed by atoms with Crippen LogP contribution < -0.4 is 5.73 Å². The number of hydrogen-bond acceptors (Lipinski definition) is 6. The van der Waals surface area contributed by atoms with Gasteiger partial charge in [0.05, 0.1) is 31.3 Å². The van der Waals surface area contributed by atoms with E-state index in [1.807, 2.05) is 6.92 Å². The lowest BCUT2D eigenvalue weighted by molar-refractivity contribution is 0.0976. The predicted molar refractivity (Wildman–Crippen MR) is 77.0 cm³/mol. The summed E-state index contributed by atoms with van der Waals surface area (Å²) in [5.74, 6) is 0. The number of hydrogen-bond donors (Lipinski definition) is 2. The Morgan fingerprint density at radius 2 is 1.80 bits per heavy atom. The SMILES string of the molecule is CCOS(=O)(=O)c1ccc(C)cc1.NCCOCCO. The van der Waals surface area contributed by atoms with Crippen molar-refractivity contribution >= 4 is 10.1 Å². The second-order valence-corrected chi connectivity index (χ2v) is 5.41. The van der Waals surface area contributed by atoms with E-state index in [0.717, 1.165) is 5.56 Å². The molecule has 1 aromatic rings. The number of nitrogens with two attached hydrogens (primary N) is 1. The summed E-state index contributed by atoms with van der Waals surface area (Å²) < 4.78 is 32.0. The Morgan fingerprint density at radius 3 is 2.25 bits per heavy atom. The monoisotopic (exact) mass is 305 g/mol. The fraction of sp³-hybridized carbons (Fsp3) is 0.538. The van der Waals surface area contributed by atoms with Gasteiger partial charge in [-0.2, -0.15) is 8.42 Å². The zero-order valence-corrected chi connectivity index (χ0v) is 12.7. The summed E-state index contributed by atoms with van der Waals surface area (Å²) in [6, 6.07) is 6.57. The molecule has 0 aliphatic heterocycles. The number of rotatable bonds is 7. The first kappa shape index (κ1) is 19.0. The van der Waals surface area contributed by atoms with Crippen LogP contribution in [0.3, 0.4) is 0 Å². The largest absolute Gasteiger partial charge is 0.394 e. The van der Waals surface area contributed by atoms with Gasteiger partial charge in [-0.3, -0.25) is 4.18 Å². The molecule has 0 unspecified atom stereocenters. The Morgan fingerprint density at radius 1 is 1.20 bits per heavy atom. The van der Waals surface area contributed by atoms with Crippen molar-refractivity contribution in [2.24, 2.45) is 5.73 Å². The van der Waals surface area contributed by atoms with Gasteiger partial charge in [-0.05, 0) is 26.0 Å². The number of aryl methyl sites for hydroxylation is 1. The Bertz CT molecular complexity index is 440. The van der Waals surface area contributed by atoms with Crippen LogP contribution >= 0.6 is 0 Å². The predicted octanol–water partition coefficient (Wildman–Crippen LogP) is 0.674. The lowest BCUT2D eigenvalue weighted by Crippen LogP contribution is -2.10. The maximum absolute atomic E-state index is 11.3. The van der Waals surface area contributed by atoms with Gasteiger partial charge in [-0.15, -0.1) is 0 Å². The zero-order valence-electron chi connectivity index (χ0n) is 11.9. The highest BCUT2D eigenvalue weighted by Gasteiger charge is 2.12. The Balaban J connectivity index is 0.000000441. The van der Waals surface area contributed by atoms with Gasteiger partial charge in [-0.1, -0.05) is 17.7 Å². The van der Waals surface area contributed by atoms with E-state index in [2.05, 4.69) is 4.18 Å². The molecule has 116 valence electrons. The van der Waals surface area contributed by atoms with E-state index in [4.69, 9.17) is 15.6 Å². The molecule has 1 rings (SSSR count). The highest BCUT2D eigenvalue weighted by molar-refractivity contribution is 7.86. The molecule has 0 aliphatic rings. The van der Waals surface area contributed by atoms with Gasteiger partial charge >= 0.3 is 0 Å². The van der Waals surface area contributed by atoms with Crippen molar-refractivity contribution in [1.29, 1.82) is 0 Å². The molecule has 0 fully saturated rings. The molecular weight excluding hydrogens is 282 g/mol. The lowest BCUT2D eigenvalue weighted by Gasteiger charge is -2.02. The van der Waals surface area contributed by atoms with Crippen LogP contribution in [0.4, 0.5) is 0 Å². The second-order valence-electron chi connectivity index (χ2n) is 3.80. The number of aliphatic hydroxyl groups excluding tert-OH is 1. The smallest absolute Gasteiger partial charge is 0.296 e. The van der Waals surface area contributed by atoms with Crippen molar-refractivity contribution in [3.8, 4) is 0 Å². The van der Waals surface area contributed by atoms with Crippen LogP contribution in [0, 0.1) is 6.92 Å². The molecule has 0 saturated heterocycles. The van der Waals surface area contributed by atoms with Crippen LogP contribution in [-0.4, -0.2) is 46.5 Å². The fourth-order valence-corrected chi connectivity index (χ4v) is 2.09. The molecule has 7 heteroatoms. The summed E-state index contributed by atoms with van der Waals surface area (Å²) in [4.78, 5) is 0.208. The third kappa shape index (κ3) is 8.23. The number of aliphatic hydroxyl groups is 1. The molecule has 1 aromatic carbocycles. The normalized spacial score (nSPS) is 10.8. The minimum Gasteiger partial charge on any atom is -0.394 e. The van der Waals surface area contributed by atoms with E-state index >= 15 is 0 Å².